The molecule has 1 saturated carbocycles. The van der Waals surface area contributed by atoms with Crippen molar-refractivity contribution in [2.75, 3.05) is 0 Å². The van der Waals surface area contributed by atoms with Crippen molar-refractivity contribution in [3.63, 3.8) is 0 Å². The van der Waals surface area contributed by atoms with Crippen molar-refractivity contribution in [1.29, 1.82) is 0 Å². The number of hydrogen-bond donors (Lipinski definition) is 0. The molecule has 1 aliphatic carbocycles. The summed E-state index contributed by atoms with van der Waals surface area (Å²) >= 11 is 0. The molecule has 1 atom stereocenters. The molecule has 2 rings (SSSR count). The van der Waals surface area contributed by atoms with Crippen molar-refractivity contribution < 1.29 is 9.53 Å². The maximum absolute atomic E-state index is 11.8. The van der Waals surface area contributed by atoms with Gasteiger partial charge in [-0.1, -0.05) is 13.8 Å². The van der Waals surface area contributed by atoms with Gasteiger partial charge < -0.3 is 4.74 Å². The van der Waals surface area contributed by atoms with Crippen LogP contribution in [0.4, 0.5) is 0 Å². The summed E-state index contributed by atoms with van der Waals surface area (Å²) in [6.07, 6.45) is 6.68. The van der Waals surface area contributed by atoms with Crippen LogP contribution in [0.3, 0.4) is 0 Å². The van der Waals surface area contributed by atoms with E-state index in [4.69, 9.17) is 4.74 Å². The van der Waals surface area contributed by atoms with Crippen LogP contribution >= 0.6 is 0 Å². The van der Waals surface area contributed by atoms with E-state index in [1.807, 2.05) is 0 Å². The Morgan fingerprint density at radius 2 is 2.07 bits per heavy atom. The van der Waals surface area contributed by atoms with Gasteiger partial charge in [-0.25, -0.2) is 0 Å². The number of ether oxygens (including phenoxy) is 1. The summed E-state index contributed by atoms with van der Waals surface area (Å²) in [4.78, 5) is 11.8. The fourth-order valence-corrected chi connectivity index (χ4v) is 2.79. The molecule has 1 unspecified atom stereocenters. The van der Waals surface area contributed by atoms with Crippen molar-refractivity contribution in [1.82, 2.24) is 0 Å². The number of carbonyl (C=O) groups excluding carboxylic acids is 1. The molecule has 2 aliphatic rings. The van der Waals surface area contributed by atoms with Crippen LogP contribution in [0, 0.1) is 11.3 Å². The molecule has 0 aromatic carbocycles. The Morgan fingerprint density at radius 1 is 1.43 bits per heavy atom. The Hall–Kier alpha value is -0.530. The lowest BCUT2D eigenvalue weighted by Crippen LogP contribution is -2.31. The van der Waals surface area contributed by atoms with Gasteiger partial charge in [0, 0.05) is 6.42 Å². The highest BCUT2D eigenvalue weighted by Crippen LogP contribution is 2.47. The Bertz CT molecular complexity index is 226. The first-order chi connectivity index (χ1) is 6.66. The summed E-state index contributed by atoms with van der Waals surface area (Å²) in [6, 6.07) is 0. The topological polar surface area (TPSA) is 26.3 Å². The lowest BCUT2D eigenvalue weighted by Gasteiger charge is -2.32. The van der Waals surface area contributed by atoms with Gasteiger partial charge in [0.15, 0.2) is 0 Å². The fourth-order valence-electron chi connectivity index (χ4n) is 2.79. The molecule has 0 aromatic rings. The molecule has 0 amide bonds. The predicted molar refractivity (Wildman–Crippen MR) is 54.9 cm³/mol. The van der Waals surface area contributed by atoms with Crippen molar-refractivity contribution >= 4 is 5.97 Å². The van der Waals surface area contributed by atoms with E-state index >= 15 is 0 Å². The monoisotopic (exact) mass is 196 g/mol. The van der Waals surface area contributed by atoms with E-state index in [0.717, 1.165) is 31.6 Å². The molecule has 0 radical (unpaired) electrons. The number of rotatable bonds is 1. The number of esters is 1. The molecule has 2 fully saturated rings. The molecule has 0 aromatic heterocycles. The summed E-state index contributed by atoms with van der Waals surface area (Å²) in [5.74, 6) is 0.894. The summed E-state index contributed by atoms with van der Waals surface area (Å²) in [6.45, 7) is 4.38. The predicted octanol–water partition coefficient (Wildman–Crippen LogP) is 2.91. The molecule has 0 bridgehead atoms. The SMILES string of the molecule is CCC1CC2(CCC(C)CC2)C(=O)O1. The highest BCUT2D eigenvalue weighted by atomic mass is 16.6. The van der Waals surface area contributed by atoms with Gasteiger partial charge in [-0.15, -0.1) is 0 Å². The van der Waals surface area contributed by atoms with E-state index in [2.05, 4.69) is 13.8 Å². The normalized spacial score (nSPS) is 42.9. The van der Waals surface area contributed by atoms with Gasteiger partial charge in [0.05, 0.1) is 5.41 Å². The Labute approximate surface area is 86.0 Å². The third-order valence-electron chi connectivity index (χ3n) is 4.01. The summed E-state index contributed by atoms with van der Waals surface area (Å²) in [5.41, 5.74) is -0.0762. The Balaban J connectivity index is 2.05. The maximum Gasteiger partial charge on any atom is 0.312 e. The highest BCUT2D eigenvalue weighted by molar-refractivity contribution is 5.79. The molecular weight excluding hydrogens is 176 g/mol. The zero-order chi connectivity index (χ0) is 10.2. The van der Waals surface area contributed by atoms with Crippen molar-refractivity contribution in [3.8, 4) is 0 Å². The number of hydrogen-bond acceptors (Lipinski definition) is 2. The molecule has 2 nitrogen and oxygen atoms in total. The second kappa shape index (κ2) is 3.56. The molecule has 1 saturated heterocycles. The van der Waals surface area contributed by atoms with Crippen LogP contribution in [0.5, 0.6) is 0 Å². The van der Waals surface area contributed by atoms with Crippen molar-refractivity contribution in [2.45, 2.75) is 58.5 Å². The Kier molecular flexibility index (Phi) is 2.54. The largest absolute Gasteiger partial charge is 0.462 e. The first kappa shape index (κ1) is 10.0. The van der Waals surface area contributed by atoms with Crippen LogP contribution < -0.4 is 0 Å². The van der Waals surface area contributed by atoms with Crippen LogP contribution in [0.25, 0.3) is 0 Å². The molecule has 14 heavy (non-hydrogen) atoms. The van der Waals surface area contributed by atoms with E-state index in [1.54, 1.807) is 0 Å². The zero-order valence-electron chi connectivity index (χ0n) is 9.21. The first-order valence-corrected chi connectivity index (χ1v) is 5.87. The fraction of sp³-hybridized carbons (Fsp3) is 0.917. The molecule has 2 heteroatoms. The van der Waals surface area contributed by atoms with Gasteiger partial charge in [0.2, 0.25) is 0 Å². The minimum Gasteiger partial charge on any atom is -0.462 e. The van der Waals surface area contributed by atoms with Gasteiger partial charge in [0.25, 0.3) is 0 Å². The second-order valence-electron chi connectivity index (χ2n) is 5.10. The zero-order valence-corrected chi connectivity index (χ0v) is 9.21. The minimum atomic E-state index is -0.0762. The third-order valence-corrected chi connectivity index (χ3v) is 4.01. The first-order valence-electron chi connectivity index (χ1n) is 5.87. The number of cyclic esters (lactones) is 1. The van der Waals surface area contributed by atoms with Gasteiger partial charge in [-0.05, 0) is 38.0 Å². The summed E-state index contributed by atoms with van der Waals surface area (Å²) < 4.78 is 5.40. The van der Waals surface area contributed by atoms with Crippen LogP contribution in [0.2, 0.25) is 0 Å². The van der Waals surface area contributed by atoms with Crippen LogP contribution in [0.15, 0.2) is 0 Å². The quantitative estimate of drug-likeness (QED) is 0.603. The standard InChI is InChI=1S/C12H20O2/c1-3-10-8-12(11(13)14-10)6-4-9(2)5-7-12/h9-10H,3-8H2,1-2H3. The minimum absolute atomic E-state index is 0.0762. The van der Waals surface area contributed by atoms with Crippen LogP contribution in [0.1, 0.15) is 52.4 Å². The molecular formula is C12H20O2. The van der Waals surface area contributed by atoms with E-state index in [1.165, 1.54) is 12.8 Å². The second-order valence-corrected chi connectivity index (χ2v) is 5.10. The van der Waals surface area contributed by atoms with E-state index in [9.17, 15) is 4.79 Å². The van der Waals surface area contributed by atoms with Crippen molar-refractivity contribution in [2.24, 2.45) is 11.3 Å². The molecule has 80 valence electrons. The maximum atomic E-state index is 11.8. The molecule has 1 heterocycles. The smallest absolute Gasteiger partial charge is 0.312 e. The van der Waals surface area contributed by atoms with Crippen LogP contribution in [-0.4, -0.2) is 12.1 Å². The highest BCUT2D eigenvalue weighted by Gasteiger charge is 2.49. The van der Waals surface area contributed by atoms with E-state index in [-0.39, 0.29) is 17.5 Å². The summed E-state index contributed by atoms with van der Waals surface area (Å²) in [5, 5.41) is 0. The number of carbonyl (C=O) groups is 1. The summed E-state index contributed by atoms with van der Waals surface area (Å²) in [7, 11) is 0. The lowest BCUT2D eigenvalue weighted by atomic mass is 9.69. The van der Waals surface area contributed by atoms with E-state index in [0.29, 0.717) is 0 Å². The molecule has 0 N–H and O–H groups in total. The van der Waals surface area contributed by atoms with Crippen molar-refractivity contribution in [3.05, 3.63) is 0 Å². The Morgan fingerprint density at radius 3 is 2.57 bits per heavy atom. The van der Waals surface area contributed by atoms with Crippen LogP contribution in [-0.2, 0) is 9.53 Å². The van der Waals surface area contributed by atoms with Gasteiger partial charge in [0.1, 0.15) is 6.10 Å². The van der Waals surface area contributed by atoms with Gasteiger partial charge in [-0.2, -0.15) is 0 Å². The average molecular weight is 196 g/mol. The average Bonchev–Trinajstić information content (AvgIpc) is 2.49. The van der Waals surface area contributed by atoms with Gasteiger partial charge in [-0.3, -0.25) is 4.79 Å². The van der Waals surface area contributed by atoms with Gasteiger partial charge >= 0.3 is 5.97 Å². The molecule has 1 spiro atoms. The molecule has 1 aliphatic heterocycles. The lowest BCUT2D eigenvalue weighted by molar-refractivity contribution is -0.150. The third kappa shape index (κ3) is 1.55. The van der Waals surface area contributed by atoms with E-state index < -0.39 is 0 Å².